The van der Waals surface area contributed by atoms with Crippen molar-refractivity contribution in [2.45, 2.75) is 52.0 Å². The lowest BCUT2D eigenvalue weighted by molar-refractivity contribution is -0.173. The number of carbonyl (C=O) groups is 3. The number of anilines is 1. The van der Waals surface area contributed by atoms with Crippen LogP contribution in [0.25, 0.3) is 0 Å². The molecule has 0 spiro atoms. The molecule has 0 aromatic heterocycles. The zero-order valence-corrected chi connectivity index (χ0v) is 15.9. The fourth-order valence-electron chi connectivity index (χ4n) is 3.48. The van der Waals surface area contributed by atoms with Crippen molar-refractivity contribution in [3.63, 3.8) is 0 Å². The summed E-state index contributed by atoms with van der Waals surface area (Å²) in [5.41, 5.74) is 2.19. The van der Waals surface area contributed by atoms with E-state index in [1.165, 1.54) is 29.8 Å². The smallest absolute Gasteiger partial charge is 0.372 e. The van der Waals surface area contributed by atoms with Crippen molar-refractivity contribution < 1.29 is 19.2 Å². The molecule has 7 nitrogen and oxygen atoms in total. The van der Waals surface area contributed by atoms with Gasteiger partial charge >= 0.3 is 6.09 Å². The molecule has 0 bridgehead atoms. The molecule has 146 valence electrons. The molecule has 0 aliphatic carbocycles. The van der Waals surface area contributed by atoms with E-state index < -0.39 is 17.9 Å². The molecule has 0 unspecified atom stereocenters. The van der Waals surface area contributed by atoms with Gasteiger partial charge in [-0.2, -0.15) is 0 Å². The summed E-state index contributed by atoms with van der Waals surface area (Å²) in [7, 11) is 0. The van der Waals surface area contributed by atoms with Crippen molar-refractivity contribution >= 4 is 23.6 Å². The van der Waals surface area contributed by atoms with Crippen LogP contribution in [0.5, 0.6) is 0 Å². The molecule has 0 N–H and O–H groups in total. The molecule has 2 heterocycles. The topological polar surface area (TPSA) is 70.2 Å². The second-order valence-corrected chi connectivity index (χ2v) is 7.07. The summed E-state index contributed by atoms with van der Waals surface area (Å²) in [6, 6.07) is 8.21. The molecule has 0 saturated carbocycles. The third-order valence-corrected chi connectivity index (χ3v) is 4.96. The van der Waals surface area contributed by atoms with E-state index in [1.807, 2.05) is 19.1 Å². The standard InChI is InChI=1S/C20H27N3O4/c1-2-12-22(20(26)27-23-18(24)10-11-19(23)25)15-16-6-8-17(9-7-16)21-13-4-3-5-14-21/h6-9H,2-5,10-15H2,1H3. The summed E-state index contributed by atoms with van der Waals surface area (Å²) in [4.78, 5) is 44.7. The SMILES string of the molecule is CCCN(Cc1ccc(N2CCCCC2)cc1)C(=O)ON1C(=O)CCC1=O. The molecule has 2 aliphatic rings. The van der Waals surface area contributed by atoms with Gasteiger partial charge in [-0.1, -0.05) is 19.1 Å². The number of benzene rings is 1. The van der Waals surface area contributed by atoms with Crippen LogP contribution in [-0.4, -0.2) is 47.5 Å². The molecule has 0 radical (unpaired) electrons. The number of hydroxylamine groups is 2. The second kappa shape index (κ2) is 8.88. The number of piperidine rings is 1. The molecule has 0 atom stereocenters. The van der Waals surface area contributed by atoms with Crippen molar-refractivity contribution in [2.24, 2.45) is 0 Å². The molecular weight excluding hydrogens is 346 g/mol. The van der Waals surface area contributed by atoms with Crippen LogP contribution in [0.2, 0.25) is 0 Å². The predicted octanol–water partition coefficient (Wildman–Crippen LogP) is 3.09. The Morgan fingerprint density at radius 1 is 1.04 bits per heavy atom. The third kappa shape index (κ3) is 4.78. The maximum Gasteiger partial charge on any atom is 0.435 e. The third-order valence-electron chi connectivity index (χ3n) is 4.96. The van der Waals surface area contributed by atoms with E-state index in [4.69, 9.17) is 4.84 Å². The van der Waals surface area contributed by atoms with Gasteiger partial charge in [0.05, 0.1) is 0 Å². The second-order valence-electron chi connectivity index (χ2n) is 7.07. The monoisotopic (exact) mass is 373 g/mol. The molecule has 3 rings (SSSR count). The van der Waals surface area contributed by atoms with Crippen LogP contribution < -0.4 is 4.90 Å². The Kier molecular flexibility index (Phi) is 6.32. The lowest BCUT2D eigenvalue weighted by Crippen LogP contribution is -2.39. The van der Waals surface area contributed by atoms with Crippen LogP contribution in [0.3, 0.4) is 0 Å². The zero-order valence-electron chi connectivity index (χ0n) is 15.9. The van der Waals surface area contributed by atoms with Crippen LogP contribution >= 0.6 is 0 Å². The Labute approximate surface area is 159 Å². The Morgan fingerprint density at radius 3 is 2.26 bits per heavy atom. The largest absolute Gasteiger partial charge is 0.435 e. The molecular formula is C20H27N3O4. The minimum absolute atomic E-state index is 0.0951. The first kappa shape index (κ1) is 19.2. The van der Waals surface area contributed by atoms with Crippen LogP contribution in [0.15, 0.2) is 24.3 Å². The number of imide groups is 1. The summed E-state index contributed by atoms with van der Waals surface area (Å²) in [5, 5.41) is 0.602. The average molecular weight is 373 g/mol. The maximum absolute atomic E-state index is 12.4. The normalized spacial score (nSPS) is 17.4. The summed E-state index contributed by atoms with van der Waals surface area (Å²) >= 11 is 0. The van der Waals surface area contributed by atoms with Gasteiger partial charge < -0.3 is 14.6 Å². The number of rotatable bonds is 6. The Morgan fingerprint density at radius 2 is 1.67 bits per heavy atom. The highest BCUT2D eigenvalue weighted by molar-refractivity contribution is 6.01. The Hall–Kier alpha value is -2.57. The van der Waals surface area contributed by atoms with Gasteiger partial charge in [-0.3, -0.25) is 9.59 Å². The van der Waals surface area contributed by atoms with Gasteiger partial charge in [-0.05, 0) is 43.4 Å². The van der Waals surface area contributed by atoms with Crippen LogP contribution in [0, 0.1) is 0 Å². The number of amides is 3. The van der Waals surface area contributed by atoms with Crippen molar-refractivity contribution in [3.05, 3.63) is 29.8 Å². The summed E-state index contributed by atoms with van der Waals surface area (Å²) in [6.07, 6.45) is 4.03. The number of hydrogen-bond acceptors (Lipinski definition) is 5. The zero-order chi connectivity index (χ0) is 19.2. The Bertz CT molecular complexity index is 667. The predicted molar refractivity (Wildman–Crippen MR) is 101 cm³/mol. The van der Waals surface area contributed by atoms with Crippen molar-refractivity contribution in [1.82, 2.24) is 9.96 Å². The maximum atomic E-state index is 12.4. The molecule has 2 saturated heterocycles. The van der Waals surface area contributed by atoms with Crippen molar-refractivity contribution in [2.75, 3.05) is 24.5 Å². The van der Waals surface area contributed by atoms with E-state index in [-0.39, 0.29) is 12.8 Å². The molecule has 3 amide bonds. The summed E-state index contributed by atoms with van der Waals surface area (Å²) in [6.45, 7) is 5.01. The Balaban J connectivity index is 1.62. The van der Waals surface area contributed by atoms with Gasteiger partial charge in [-0.15, -0.1) is 5.06 Å². The highest BCUT2D eigenvalue weighted by Gasteiger charge is 2.34. The number of carbonyl (C=O) groups excluding carboxylic acids is 3. The van der Waals surface area contributed by atoms with Crippen LogP contribution in [0.4, 0.5) is 10.5 Å². The van der Waals surface area contributed by atoms with Gasteiger partial charge in [0.15, 0.2) is 0 Å². The lowest BCUT2D eigenvalue weighted by Gasteiger charge is -2.29. The van der Waals surface area contributed by atoms with Gasteiger partial charge in [0, 0.05) is 44.7 Å². The van der Waals surface area contributed by atoms with Gasteiger partial charge in [0.2, 0.25) is 0 Å². The minimum Gasteiger partial charge on any atom is -0.372 e. The molecule has 2 aliphatic heterocycles. The summed E-state index contributed by atoms with van der Waals surface area (Å²) in [5.74, 6) is -0.925. The van der Waals surface area contributed by atoms with E-state index >= 15 is 0 Å². The van der Waals surface area contributed by atoms with Gasteiger partial charge in [0.1, 0.15) is 0 Å². The lowest BCUT2D eigenvalue weighted by atomic mass is 10.1. The van der Waals surface area contributed by atoms with Crippen molar-refractivity contribution in [1.29, 1.82) is 0 Å². The van der Waals surface area contributed by atoms with E-state index in [2.05, 4.69) is 17.0 Å². The molecule has 1 aromatic carbocycles. The van der Waals surface area contributed by atoms with Crippen molar-refractivity contribution in [3.8, 4) is 0 Å². The molecule has 2 fully saturated rings. The molecule has 7 heteroatoms. The number of nitrogens with zero attached hydrogens (tertiary/aromatic N) is 3. The van der Waals surface area contributed by atoms with Gasteiger partial charge in [0.25, 0.3) is 11.8 Å². The van der Waals surface area contributed by atoms with E-state index in [0.29, 0.717) is 18.2 Å². The minimum atomic E-state index is -0.666. The number of hydrogen-bond donors (Lipinski definition) is 0. The van der Waals surface area contributed by atoms with E-state index in [9.17, 15) is 14.4 Å². The highest BCUT2D eigenvalue weighted by Crippen LogP contribution is 2.21. The first-order valence-corrected chi connectivity index (χ1v) is 9.75. The molecule has 27 heavy (non-hydrogen) atoms. The quantitative estimate of drug-likeness (QED) is 0.717. The first-order valence-electron chi connectivity index (χ1n) is 9.75. The molecule has 1 aromatic rings. The van der Waals surface area contributed by atoms with Crippen LogP contribution in [-0.2, 0) is 21.0 Å². The van der Waals surface area contributed by atoms with E-state index in [1.54, 1.807) is 0 Å². The fourth-order valence-corrected chi connectivity index (χ4v) is 3.48. The summed E-state index contributed by atoms with van der Waals surface area (Å²) < 4.78 is 0. The first-order chi connectivity index (χ1) is 13.1. The fraction of sp³-hybridized carbons (Fsp3) is 0.550. The van der Waals surface area contributed by atoms with Gasteiger partial charge in [-0.25, -0.2) is 4.79 Å². The van der Waals surface area contributed by atoms with E-state index in [0.717, 1.165) is 25.1 Å². The highest BCUT2D eigenvalue weighted by atomic mass is 16.7. The average Bonchev–Trinajstić information content (AvgIpc) is 3.01. The van der Waals surface area contributed by atoms with Crippen LogP contribution in [0.1, 0.15) is 51.0 Å².